The van der Waals surface area contributed by atoms with Crippen molar-refractivity contribution in [2.45, 2.75) is 38.6 Å². The maximum Gasteiger partial charge on any atom is 0.247 e. The third-order valence-corrected chi connectivity index (χ3v) is 3.93. The van der Waals surface area contributed by atoms with Crippen LogP contribution in [0.5, 0.6) is 5.75 Å². The van der Waals surface area contributed by atoms with Crippen LogP contribution in [0.15, 0.2) is 18.2 Å². The summed E-state index contributed by atoms with van der Waals surface area (Å²) in [6.07, 6.45) is 3.02. The first-order valence-corrected chi connectivity index (χ1v) is 7.60. The van der Waals surface area contributed by atoms with Crippen LogP contribution in [0.25, 0.3) is 0 Å². The van der Waals surface area contributed by atoms with E-state index in [2.05, 4.69) is 5.32 Å². The Morgan fingerprint density at radius 1 is 1.39 bits per heavy atom. The molecule has 0 radical (unpaired) electrons. The number of anilines is 2. The SMILES string of the molecule is CCC(=O)N1CCCCC1C(=O)Nc1ccc(OC)c(N)c1.Cl. The van der Waals surface area contributed by atoms with Gasteiger partial charge < -0.3 is 20.7 Å². The molecule has 3 N–H and O–H groups in total. The molecule has 128 valence electrons. The lowest BCUT2D eigenvalue weighted by molar-refractivity contribution is -0.140. The number of likely N-dealkylation sites (tertiary alicyclic amines) is 1. The minimum atomic E-state index is -0.399. The third-order valence-electron chi connectivity index (χ3n) is 3.93. The summed E-state index contributed by atoms with van der Waals surface area (Å²) in [7, 11) is 1.54. The van der Waals surface area contributed by atoms with Gasteiger partial charge in [-0.15, -0.1) is 12.4 Å². The topological polar surface area (TPSA) is 84.7 Å². The summed E-state index contributed by atoms with van der Waals surface area (Å²) in [4.78, 5) is 26.2. The summed E-state index contributed by atoms with van der Waals surface area (Å²) in [5, 5.41) is 2.84. The van der Waals surface area contributed by atoms with Gasteiger partial charge in [-0.25, -0.2) is 0 Å². The van der Waals surface area contributed by atoms with Crippen LogP contribution < -0.4 is 15.8 Å². The van der Waals surface area contributed by atoms with E-state index in [4.69, 9.17) is 10.5 Å². The zero-order valence-electron chi connectivity index (χ0n) is 13.5. The molecule has 0 bridgehead atoms. The number of hydrogen-bond acceptors (Lipinski definition) is 4. The fraction of sp³-hybridized carbons (Fsp3) is 0.500. The predicted octanol–water partition coefficient (Wildman–Crippen LogP) is 2.43. The standard InChI is InChI=1S/C16H23N3O3.ClH/c1-3-15(20)19-9-5-4-6-13(19)16(21)18-11-7-8-14(22-2)12(17)10-11;/h7-8,10,13H,3-6,9,17H2,1-2H3,(H,18,21);1H. The molecular weight excluding hydrogens is 318 g/mol. The number of hydrogen-bond donors (Lipinski definition) is 2. The number of nitrogen functional groups attached to an aromatic ring is 1. The van der Waals surface area contributed by atoms with Crippen LogP contribution in [0, 0.1) is 0 Å². The number of amides is 2. The predicted molar refractivity (Wildman–Crippen MR) is 92.9 cm³/mol. The molecule has 2 rings (SSSR count). The van der Waals surface area contributed by atoms with Crippen LogP contribution in [0.1, 0.15) is 32.6 Å². The Hall–Kier alpha value is -1.95. The minimum absolute atomic E-state index is 0. The summed E-state index contributed by atoms with van der Waals surface area (Å²) in [5.74, 6) is 0.429. The molecule has 1 aliphatic rings. The molecule has 1 aliphatic heterocycles. The van der Waals surface area contributed by atoms with Gasteiger partial charge in [0.2, 0.25) is 11.8 Å². The molecule has 23 heavy (non-hydrogen) atoms. The molecule has 0 aromatic heterocycles. The van der Waals surface area contributed by atoms with Crippen molar-refractivity contribution in [2.24, 2.45) is 0 Å². The van der Waals surface area contributed by atoms with Crippen molar-refractivity contribution in [3.05, 3.63) is 18.2 Å². The van der Waals surface area contributed by atoms with Crippen molar-refractivity contribution in [3.8, 4) is 5.75 Å². The Bertz CT molecular complexity index is 566. The second kappa shape index (κ2) is 8.62. The minimum Gasteiger partial charge on any atom is -0.495 e. The van der Waals surface area contributed by atoms with E-state index in [0.717, 1.165) is 12.8 Å². The lowest BCUT2D eigenvalue weighted by Crippen LogP contribution is -2.49. The molecule has 2 amide bonds. The van der Waals surface area contributed by atoms with E-state index in [1.165, 1.54) is 0 Å². The van der Waals surface area contributed by atoms with Gasteiger partial charge in [0.05, 0.1) is 12.8 Å². The third kappa shape index (κ3) is 4.51. The number of ether oxygens (including phenoxy) is 1. The highest BCUT2D eigenvalue weighted by Gasteiger charge is 2.31. The van der Waals surface area contributed by atoms with Crippen LogP contribution in [-0.2, 0) is 9.59 Å². The van der Waals surface area contributed by atoms with Crippen LogP contribution >= 0.6 is 12.4 Å². The van der Waals surface area contributed by atoms with Gasteiger partial charge in [-0.3, -0.25) is 9.59 Å². The van der Waals surface area contributed by atoms with Gasteiger partial charge >= 0.3 is 0 Å². The largest absolute Gasteiger partial charge is 0.495 e. The Morgan fingerprint density at radius 2 is 2.13 bits per heavy atom. The van der Waals surface area contributed by atoms with E-state index in [9.17, 15) is 9.59 Å². The number of carbonyl (C=O) groups excluding carboxylic acids is 2. The van der Waals surface area contributed by atoms with E-state index in [1.807, 2.05) is 6.92 Å². The fourth-order valence-electron chi connectivity index (χ4n) is 2.74. The average molecular weight is 342 g/mol. The molecular formula is C16H24ClN3O3. The number of halogens is 1. The molecule has 1 fully saturated rings. The van der Waals surface area contributed by atoms with Gasteiger partial charge in [-0.1, -0.05) is 6.92 Å². The van der Waals surface area contributed by atoms with Gasteiger partial charge in [0.1, 0.15) is 11.8 Å². The average Bonchev–Trinajstić information content (AvgIpc) is 2.54. The zero-order chi connectivity index (χ0) is 16.1. The Labute approximate surface area is 142 Å². The molecule has 1 aromatic rings. The first-order valence-electron chi connectivity index (χ1n) is 7.60. The van der Waals surface area contributed by atoms with E-state index in [0.29, 0.717) is 36.5 Å². The quantitative estimate of drug-likeness (QED) is 0.824. The van der Waals surface area contributed by atoms with E-state index in [-0.39, 0.29) is 24.2 Å². The number of methoxy groups -OCH3 is 1. The summed E-state index contributed by atoms with van der Waals surface area (Å²) in [6, 6.07) is 4.71. The first-order chi connectivity index (χ1) is 10.6. The molecule has 1 aromatic carbocycles. The second-order valence-corrected chi connectivity index (χ2v) is 5.40. The monoisotopic (exact) mass is 341 g/mol. The van der Waals surface area contributed by atoms with Crippen LogP contribution in [0.3, 0.4) is 0 Å². The highest BCUT2D eigenvalue weighted by Crippen LogP contribution is 2.25. The molecule has 0 spiro atoms. The summed E-state index contributed by atoms with van der Waals surface area (Å²) < 4.78 is 5.09. The van der Waals surface area contributed by atoms with E-state index < -0.39 is 6.04 Å². The van der Waals surface area contributed by atoms with E-state index >= 15 is 0 Å². The number of rotatable bonds is 4. The highest BCUT2D eigenvalue weighted by molar-refractivity contribution is 5.97. The van der Waals surface area contributed by atoms with Gasteiger partial charge in [0.15, 0.2) is 0 Å². The first kappa shape index (κ1) is 19.1. The van der Waals surface area contributed by atoms with Gasteiger partial charge in [-0.2, -0.15) is 0 Å². The van der Waals surface area contributed by atoms with Crippen LogP contribution in [-0.4, -0.2) is 36.4 Å². The van der Waals surface area contributed by atoms with Crippen LogP contribution in [0.2, 0.25) is 0 Å². The van der Waals surface area contributed by atoms with Crippen molar-refractivity contribution in [2.75, 3.05) is 24.7 Å². The number of nitrogens with two attached hydrogens (primary N) is 1. The molecule has 7 heteroatoms. The van der Waals surface area contributed by atoms with Crippen molar-refractivity contribution in [1.29, 1.82) is 0 Å². The molecule has 1 atom stereocenters. The van der Waals surface area contributed by atoms with Gasteiger partial charge in [0.25, 0.3) is 0 Å². The number of carbonyl (C=O) groups is 2. The number of benzene rings is 1. The normalized spacial score (nSPS) is 17.1. The van der Waals surface area contributed by atoms with Crippen molar-refractivity contribution >= 4 is 35.6 Å². The molecule has 1 saturated heterocycles. The Balaban J connectivity index is 0.00000264. The maximum atomic E-state index is 12.5. The number of nitrogens with zero attached hydrogens (tertiary/aromatic N) is 1. The molecule has 1 unspecified atom stereocenters. The summed E-state index contributed by atoms with van der Waals surface area (Å²) in [5.41, 5.74) is 6.91. The van der Waals surface area contributed by atoms with Crippen molar-refractivity contribution < 1.29 is 14.3 Å². The highest BCUT2D eigenvalue weighted by atomic mass is 35.5. The van der Waals surface area contributed by atoms with Crippen molar-refractivity contribution in [1.82, 2.24) is 4.90 Å². The molecule has 1 heterocycles. The van der Waals surface area contributed by atoms with Crippen LogP contribution in [0.4, 0.5) is 11.4 Å². The molecule has 0 aliphatic carbocycles. The summed E-state index contributed by atoms with van der Waals surface area (Å²) >= 11 is 0. The maximum absolute atomic E-state index is 12.5. The van der Waals surface area contributed by atoms with Gasteiger partial charge in [-0.05, 0) is 37.5 Å². The molecule has 0 saturated carbocycles. The number of nitrogens with one attached hydrogen (secondary N) is 1. The lowest BCUT2D eigenvalue weighted by atomic mass is 10.0. The second-order valence-electron chi connectivity index (χ2n) is 5.40. The Morgan fingerprint density at radius 3 is 2.74 bits per heavy atom. The lowest BCUT2D eigenvalue weighted by Gasteiger charge is -2.34. The number of piperidine rings is 1. The molecule has 6 nitrogen and oxygen atoms in total. The smallest absolute Gasteiger partial charge is 0.247 e. The zero-order valence-corrected chi connectivity index (χ0v) is 14.3. The summed E-state index contributed by atoms with van der Waals surface area (Å²) in [6.45, 7) is 2.46. The van der Waals surface area contributed by atoms with Gasteiger partial charge in [0, 0.05) is 18.7 Å². The van der Waals surface area contributed by atoms with E-state index in [1.54, 1.807) is 30.2 Å². The van der Waals surface area contributed by atoms with Crippen molar-refractivity contribution in [3.63, 3.8) is 0 Å². The Kier molecular flexibility index (Phi) is 7.16. The fourth-order valence-corrected chi connectivity index (χ4v) is 2.74.